The van der Waals surface area contributed by atoms with Crippen LogP contribution in [0.4, 0.5) is 18.9 Å². The Bertz CT molecular complexity index is 680. The topological polar surface area (TPSA) is 27.9 Å². The molecule has 2 aromatic rings. The lowest BCUT2D eigenvalue weighted by molar-refractivity contribution is -0.914. The largest absolute Gasteiger partial charge is 0.507 e. The van der Waals surface area contributed by atoms with Crippen LogP contribution in [-0.2, 0) is 12.7 Å². The number of nitrogens with one attached hydrogen (secondary N) is 1. The Balaban J connectivity index is 1.60. The van der Waals surface area contributed by atoms with Gasteiger partial charge in [-0.15, -0.1) is 0 Å². The number of rotatable bonds is 3. The number of alkyl halides is 3. The van der Waals surface area contributed by atoms with Crippen molar-refractivity contribution in [2.24, 2.45) is 0 Å². The number of hydrogen-bond donors (Lipinski definition) is 2. The summed E-state index contributed by atoms with van der Waals surface area (Å²) in [6.07, 6.45) is -4.43. The van der Waals surface area contributed by atoms with Gasteiger partial charge in [0.1, 0.15) is 12.3 Å². The van der Waals surface area contributed by atoms with Gasteiger partial charge in [-0.2, -0.15) is 13.2 Å². The highest BCUT2D eigenvalue weighted by Gasteiger charge is 2.31. The number of nitrogens with zero attached hydrogens (tertiary/aromatic N) is 1. The molecule has 1 heterocycles. The van der Waals surface area contributed by atoms with Crippen molar-refractivity contribution in [1.82, 2.24) is 0 Å². The van der Waals surface area contributed by atoms with E-state index in [0.29, 0.717) is 12.1 Å². The summed E-state index contributed by atoms with van der Waals surface area (Å²) < 4.78 is 37.9. The number of hydrogen-bond acceptors (Lipinski definition) is 2. The lowest BCUT2D eigenvalue weighted by Crippen LogP contribution is -3.13. The first kappa shape index (κ1) is 16.6. The van der Waals surface area contributed by atoms with E-state index in [2.05, 4.69) is 17.0 Å². The van der Waals surface area contributed by atoms with Crippen molar-refractivity contribution in [3.63, 3.8) is 0 Å². The third-order valence-electron chi connectivity index (χ3n) is 4.44. The van der Waals surface area contributed by atoms with Crippen LogP contribution >= 0.6 is 0 Å². The first-order chi connectivity index (χ1) is 11.4. The zero-order valence-electron chi connectivity index (χ0n) is 13.2. The molecule has 0 aromatic heterocycles. The third kappa shape index (κ3) is 3.82. The number of quaternary nitrogens is 1. The van der Waals surface area contributed by atoms with E-state index in [-0.39, 0.29) is 5.75 Å². The monoisotopic (exact) mass is 337 g/mol. The van der Waals surface area contributed by atoms with Crippen molar-refractivity contribution in [3.05, 3.63) is 59.7 Å². The number of piperazine rings is 1. The van der Waals surface area contributed by atoms with Gasteiger partial charge in [0.15, 0.2) is 0 Å². The summed E-state index contributed by atoms with van der Waals surface area (Å²) in [5, 5.41) is 9.89. The van der Waals surface area contributed by atoms with Crippen molar-refractivity contribution in [1.29, 1.82) is 0 Å². The summed E-state index contributed by atoms with van der Waals surface area (Å²) in [4.78, 5) is 3.56. The molecule has 0 amide bonds. The van der Waals surface area contributed by atoms with Crippen LogP contribution in [0.25, 0.3) is 0 Å². The number of aromatic hydroxyl groups is 1. The van der Waals surface area contributed by atoms with Crippen LogP contribution in [0.2, 0.25) is 0 Å². The van der Waals surface area contributed by atoms with E-state index in [1.54, 1.807) is 0 Å². The summed E-state index contributed by atoms with van der Waals surface area (Å²) in [6, 6.07) is 13.4. The van der Waals surface area contributed by atoms with Gasteiger partial charge < -0.3 is 14.9 Å². The van der Waals surface area contributed by atoms with Gasteiger partial charge in [-0.1, -0.05) is 18.2 Å². The van der Waals surface area contributed by atoms with E-state index in [4.69, 9.17) is 0 Å². The van der Waals surface area contributed by atoms with E-state index in [9.17, 15) is 18.3 Å². The van der Waals surface area contributed by atoms with Crippen molar-refractivity contribution in [2.75, 3.05) is 31.1 Å². The first-order valence-electron chi connectivity index (χ1n) is 7.96. The van der Waals surface area contributed by atoms with E-state index in [0.717, 1.165) is 38.3 Å². The van der Waals surface area contributed by atoms with Gasteiger partial charge in [-0.3, -0.25) is 0 Å². The van der Waals surface area contributed by atoms with Crippen LogP contribution in [0, 0.1) is 0 Å². The van der Waals surface area contributed by atoms with Crippen LogP contribution in [-0.4, -0.2) is 31.3 Å². The molecule has 0 radical (unpaired) electrons. The van der Waals surface area contributed by atoms with Crippen LogP contribution in [0.3, 0.4) is 0 Å². The molecule has 3 rings (SSSR count). The lowest BCUT2D eigenvalue weighted by atomic mass is 10.1. The second-order valence-electron chi connectivity index (χ2n) is 6.09. The highest BCUT2D eigenvalue weighted by molar-refractivity contribution is 5.46. The average molecular weight is 337 g/mol. The molecule has 6 heteroatoms. The smallest absolute Gasteiger partial charge is 0.416 e. The molecule has 0 saturated carbocycles. The van der Waals surface area contributed by atoms with Crippen molar-refractivity contribution in [3.8, 4) is 5.75 Å². The van der Waals surface area contributed by atoms with Crippen molar-refractivity contribution < 1.29 is 23.2 Å². The van der Waals surface area contributed by atoms with E-state index >= 15 is 0 Å². The van der Waals surface area contributed by atoms with Gasteiger partial charge in [0, 0.05) is 11.3 Å². The molecule has 1 saturated heterocycles. The predicted octanol–water partition coefficient (Wildman–Crippen LogP) is 2.32. The Morgan fingerprint density at radius 3 is 2.25 bits per heavy atom. The SMILES string of the molecule is Oc1cc(C(F)(F)F)ccc1C[NH+]1CCN(c2ccccc2)CC1. The zero-order chi connectivity index (χ0) is 17.2. The molecule has 3 nitrogen and oxygen atoms in total. The zero-order valence-corrected chi connectivity index (χ0v) is 13.2. The van der Waals surface area contributed by atoms with Gasteiger partial charge in [-0.05, 0) is 30.3 Å². The summed E-state index contributed by atoms with van der Waals surface area (Å²) >= 11 is 0. The Kier molecular flexibility index (Phi) is 4.66. The Labute approximate surface area is 138 Å². The van der Waals surface area contributed by atoms with Crippen LogP contribution in [0.1, 0.15) is 11.1 Å². The molecular formula is C18H20F3N2O+. The Morgan fingerprint density at radius 2 is 1.67 bits per heavy atom. The summed E-state index contributed by atoms with van der Waals surface area (Å²) in [6.45, 7) is 4.08. The normalized spacial score (nSPS) is 16.4. The molecule has 0 spiro atoms. The summed E-state index contributed by atoms with van der Waals surface area (Å²) in [5.41, 5.74) is 0.938. The number of para-hydroxylation sites is 1. The fraction of sp³-hybridized carbons (Fsp3) is 0.333. The van der Waals surface area contributed by atoms with Gasteiger partial charge in [0.05, 0.1) is 31.7 Å². The molecule has 1 aliphatic rings. The molecule has 2 N–H and O–H groups in total. The molecule has 0 bridgehead atoms. The molecule has 0 aliphatic carbocycles. The second-order valence-corrected chi connectivity index (χ2v) is 6.09. The van der Waals surface area contributed by atoms with Crippen LogP contribution < -0.4 is 9.80 Å². The van der Waals surface area contributed by atoms with E-state index in [1.807, 2.05) is 18.2 Å². The molecular weight excluding hydrogens is 317 g/mol. The third-order valence-corrected chi connectivity index (χ3v) is 4.44. The van der Waals surface area contributed by atoms with Crippen molar-refractivity contribution in [2.45, 2.75) is 12.7 Å². The molecule has 0 atom stereocenters. The molecule has 0 unspecified atom stereocenters. The minimum atomic E-state index is -4.43. The summed E-state index contributed by atoms with van der Waals surface area (Å²) in [5.74, 6) is -0.275. The van der Waals surface area contributed by atoms with Crippen molar-refractivity contribution >= 4 is 5.69 Å². The maximum absolute atomic E-state index is 12.6. The van der Waals surface area contributed by atoms with E-state index < -0.39 is 11.7 Å². The number of benzene rings is 2. The highest BCUT2D eigenvalue weighted by Crippen LogP contribution is 2.32. The lowest BCUT2D eigenvalue weighted by Gasteiger charge is -2.33. The number of phenolic OH excluding ortho intramolecular Hbond substituents is 1. The van der Waals surface area contributed by atoms with Crippen LogP contribution in [0.15, 0.2) is 48.5 Å². The number of halogens is 3. The predicted molar refractivity (Wildman–Crippen MR) is 86.2 cm³/mol. The molecule has 24 heavy (non-hydrogen) atoms. The maximum atomic E-state index is 12.6. The Morgan fingerprint density at radius 1 is 1.00 bits per heavy atom. The number of anilines is 1. The van der Waals surface area contributed by atoms with E-state index in [1.165, 1.54) is 16.7 Å². The average Bonchev–Trinajstić information content (AvgIpc) is 2.57. The quantitative estimate of drug-likeness (QED) is 0.900. The minimum absolute atomic E-state index is 0.275. The Hall–Kier alpha value is -2.21. The molecule has 1 aliphatic heterocycles. The molecule has 128 valence electrons. The standard InChI is InChI=1S/C18H19F3N2O/c19-18(20,21)15-7-6-14(17(24)12-15)13-22-8-10-23(11-9-22)16-4-2-1-3-5-16/h1-7,12,24H,8-11,13H2/p+1. The summed E-state index contributed by atoms with van der Waals surface area (Å²) in [7, 11) is 0. The minimum Gasteiger partial charge on any atom is -0.507 e. The highest BCUT2D eigenvalue weighted by atomic mass is 19.4. The van der Waals surface area contributed by atoms with Crippen LogP contribution in [0.5, 0.6) is 5.75 Å². The fourth-order valence-corrected chi connectivity index (χ4v) is 3.06. The fourth-order valence-electron chi connectivity index (χ4n) is 3.06. The molecule has 1 fully saturated rings. The van der Waals surface area contributed by atoms with Gasteiger partial charge in [0.25, 0.3) is 0 Å². The van der Waals surface area contributed by atoms with Gasteiger partial charge in [-0.25, -0.2) is 0 Å². The maximum Gasteiger partial charge on any atom is 0.416 e. The van der Waals surface area contributed by atoms with Gasteiger partial charge in [0.2, 0.25) is 0 Å². The second kappa shape index (κ2) is 6.73. The number of phenols is 1. The first-order valence-corrected chi connectivity index (χ1v) is 7.96. The van der Waals surface area contributed by atoms with Gasteiger partial charge >= 0.3 is 6.18 Å². The molecule has 2 aromatic carbocycles.